The van der Waals surface area contributed by atoms with Crippen molar-refractivity contribution in [3.05, 3.63) is 78.2 Å². The standard InChI is InChI=1S/C26H28N4O5/c1-16-25(17(2)35-30-16)29-26(33)28-22-13-12-21(34-23(22)15-31)14-24(32)27-20-10-8-19(9-11-20)18-6-4-3-5-7-18/h3-13,21-23,31H,14-15H2,1-2H3,(H,27,32)(H2,28,29,33)/t21-,22-,23-/m1/s1. The summed E-state index contributed by atoms with van der Waals surface area (Å²) in [7, 11) is 0. The highest BCUT2D eigenvalue weighted by Gasteiger charge is 2.29. The van der Waals surface area contributed by atoms with E-state index in [2.05, 4.69) is 21.1 Å². The maximum Gasteiger partial charge on any atom is 0.319 e. The lowest BCUT2D eigenvalue weighted by Crippen LogP contribution is -2.50. The molecule has 0 saturated carbocycles. The smallest absolute Gasteiger partial charge is 0.319 e. The Morgan fingerprint density at radius 2 is 1.69 bits per heavy atom. The number of ether oxygens (including phenoxy) is 1. The molecule has 2 heterocycles. The molecule has 3 amide bonds. The Morgan fingerprint density at radius 3 is 2.34 bits per heavy atom. The Kier molecular flexibility index (Phi) is 7.59. The van der Waals surface area contributed by atoms with Gasteiger partial charge in [0.1, 0.15) is 17.5 Å². The van der Waals surface area contributed by atoms with Gasteiger partial charge in [0.25, 0.3) is 0 Å². The average Bonchev–Trinajstić information content (AvgIpc) is 3.18. The van der Waals surface area contributed by atoms with Crippen LogP contribution in [0, 0.1) is 13.8 Å². The molecule has 3 atom stereocenters. The summed E-state index contributed by atoms with van der Waals surface area (Å²) in [6.07, 6.45) is 2.29. The van der Waals surface area contributed by atoms with Crippen LogP contribution in [0.4, 0.5) is 16.2 Å². The van der Waals surface area contributed by atoms with E-state index in [0.717, 1.165) is 11.1 Å². The monoisotopic (exact) mass is 476 g/mol. The average molecular weight is 477 g/mol. The van der Waals surface area contributed by atoms with Gasteiger partial charge in [-0.1, -0.05) is 59.8 Å². The molecule has 0 fully saturated rings. The van der Waals surface area contributed by atoms with Crippen molar-refractivity contribution in [2.24, 2.45) is 0 Å². The fourth-order valence-corrected chi connectivity index (χ4v) is 3.87. The molecule has 4 N–H and O–H groups in total. The van der Waals surface area contributed by atoms with Gasteiger partial charge in [0, 0.05) is 5.69 Å². The fraction of sp³-hybridized carbons (Fsp3) is 0.269. The van der Waals surface area contributed by atoms with Crippen molar-refractivity contribution < 1.29 is 24.0 Å². The lowest BCUT2D eigenvalue weighted by Gasteiger charge is -2.31. The Hall–Kier alpha value is -3.95. The molecule has 0 saturated heterocycles. The first-order chi connectivity index (χ1) is 16.9. The summed E-state index contributed by atoms with van der Waals surface area (Å²) in [4.78, 5) is 24.9. The molecule has 4 rings (SSSR count). The molecule has 182 valence electrons. The highest BCUT2D eigenvalue weighted by atomic mass is 16.5. The maximum atomic E-state index is 12.5. The number of benzene rings is 2. The first-order valence-electron chi connectivity index (χ1n) is 11.3. The topological polar surface area (TPSA) is 126 Å². The van der Waals surface area contributed by atoms with E-state index in [4.69, 9.17) is 9.26 Å². The first kappa shape index (κ1) is 24.2. The van der Waals surface area contributed by atoms with Crippen LogP contribution in [-0.2, 0) is 9.53 Å². The predicted molar refractivity (Wildman–Crippen MR) is 132 cm³/mol. The summed E-state index contributed by atoms with van der Waals surface area (Å²) in [6.45, 7) is 3.10. The summed E-state index contributed by atoms with van der Waals surface area (Å²) < 4.78 is 10.9. The van der Waals surface area contributed by atoms with Crippen LogP contribution in [0.3, 0.4) is 0 Å². The number of hydrogen-bond donors (Lipinski definition) is 4. The highest BCUT2D eigenvalue weighted by molar-refractivity contribution is 5.92. The Balaban J connectivity index is 1.30. The summed E-state index contributed by atoms with van der Waals surface area (Å²) in [5.41, 5.74) is 3.90. The third-order valence-corrected chi connectivity index (χ3v) is 5.70. The van der Waals surface area contributed by atoms with E-state index in [9.17, 15) is 14.7 Å². The quantitative estimate of drug-likeness (QED) is 0.385. The number of hydrogen-bond acceptors (Lipinski definition) is 6. The molecule has 9 heteroatoms. The molecule has 1 aliphatic heterocycles. The molecular formula is C26H28N4O5. The van der Waals surface area contributed by atoms with E-state index in [1.165, 1.54) is 0 Å². The van der Waals surface area contributed by atoms with E-state index in [1.54, 1.807) is 26.0 Å². The number of carbonyl (C=O) groups excluding carboxylic acids is 2. The van der Waals surface area contributed by atoms with Crippen molar-refractivity contribution in [1.82, 2.24) is 10.5 Å². The Labute approximate surface area is 203 Å². The van der Waals surface area contributed by atoms with Crippen LogP contribution in [0.1, 0.15) is 17.9 Å². The molecular weight excluding hydrogens is 448 g/mol. The van der Waals surface area contributed by atoms with Crippen LogP contribution in [0.5, 0.6) is 0 Å². The van der Waals surface area contributed by atoms with Gasteiger partial charge in [0.2, 0.25) is 5.91 Å². The highest BCUT2D eigenvalue weighted by Crippen LogP contribution is 2.22. The summed E-state index contributed by atoms with van der Waals surface area (Å²) >= 11 is 0. The number of aliphatic hydroxyl groups excluding tert-OH is 1. The molecule has 35 heavy (non-hydrogen) atoms. The zero-order valence-electron chi connectivity index (χ0n) is 19.5. The number of amides is 3. The maximum absolute atomic E-state index is 12.5. The lowest BCUT2D eigenvalue weighted by molar-refractivity contribution is -0.120. The molecule has 1 aromatic heterocycles. The van der Waals surface area contributed by atoms with Crippen LogP contribution < -0.4 is 16.0 Å². The van der Waals surface area contributed by atoms with Gasteiger partial charge in [-0.05, 0) is 37.1 Å². The number of aliphatic hydroxyl groups is 1. The molecule has 3 aromatic rings. The van der Waals surface area contributed by atoms with E-state index < -0.39 is 24.3 Å². The number of urea groups is 1. The van der Waals surface area contributed by atoms with Crippen molar-refractivity contribution in [2.45, 2.75) is 38.5 Å². The van der Waals surface area contributed by atoms with Crippen LogP contribution in [0.15, 0.2) is 71.3 Å². The molecule has 0 spiro atoms. The van der Waals surface area contributed by atoms with Gasteiger partial charge in [-0.15, -0.1) is 0 Å². The van der Waals surface area contributed by atoms with Crippen LogP contribution >= 0.6 is 0 Å². The lowest BCUT2D eigenvalue weighted by atomic mass is 10.0. The van der Waals surface area contributed by atoms with Crippen molar-refractivity contribution in [1.29, 1.82) is 0 Å². The third-order valence-electron chi connectivity index (χ3n) is 5.70. The van der Waals surface area contributed by atoms with E-state index >= 15 is 0 Å². The minimum Gasteiger partial charge on any atom is -0.394 e. The normalized spacial score (nSPS) is 19.2. The number of aryl methyl sites for hydroxylation is 2. The summed E-state index contributed by atoms with van der Waals surface area (Å²) in [5, 5.41) is 21.9. The van der Waals surface area contributed by atoms with Crippen molar-refractivity contribution in [3.8, 4) is 11.1 Å². The third kappa shape index (κ3) is 6.14. The van der Waals surface area contributed by atoms with Gasteiger partial charge < -0.3 is 30.3 Å². The number of carbonyl (C=O) groups is 2. The molecule has 0 aliphatic carbocycles. The second kappa shape index (κ2) is 11.0. The van der Waals surface area contributed by atoms with Gasteiger partial charge in [-0.25, -0.2) is 4.79 Å². The summed E-state index contributed by atoms with van der Waals surface area (Å²) in [5.74, 6) is 0.277. The molecule has 0 radical (unpaired) electrons. The predicted octanol–water partition coefficient (Wildman–Crippen LogP) is 3.79. The minimum absolute atomic E-state index is 0.0748. The Bertz CT molecular complexity index is 1170. The van der Waals surface area contributed by atoms with Crippen LogP contribution in [0.25, 0.3) is 11.1 Å². The van der Waals surface area contributed by atoms with Gasteiger partial charge in [0.05, 0.1) is 25.2 Å². The van der Waals surface area contributed by atoms with Gasteiger partial charge in [-0.3, -0.25) is 4.79 Å². The molecule has 0 unspecified atom stereocenters. The molecule has 2 aromatic carbocycles. The Morgan fingerprint density at radius 1 is 0.971 bits per heavy atom. The van der Waals surface area contributed by atoms with Crippen molar-refractivity contribution >= 4 is 23.3 Å². The zero-order chi connectivity index (χ0) is 24.8. The number of aromatic nitrogens is 1. The van der Waals surface area contributed by atoms with Crippen LogP contribution in [0.2, 0.25) is 0 Å². The SMILES string of the molecule is Cc1noc(C)c1NC(=O)N[C@@H]1C=C[C@H](CC(=O)Nc2ccc(-c3ccccc3)cc2)O[C@@H]1CO. The second-order valence-electron chi connectivity index (χ2n) is 8.30. The fourth-order valence-electron chi connectivity index (χ4n) is 3.87. The van der Waals surface area contributed by atoms with E-state index in [-0.39, 0.29) is 18.9 Å². The number of nitrogens with one attached hydrogen (secondary N) is 3. The van der Waals surface area contributed by atoms with Gasteiger partial charge >= 0.3 is 6.03 Å². The molecule has 9 nitrogen and oxygen atoms in total. The number of rotatable bonds is 7. The number of nitrogens with zero attached hydrogens (tertiary/aromatic N) is 1. The van der Waals surface area contributed by atoms with Crippen molar-refractivity contribution in [3.63, 3.8) is 0 Å². The van der Waals surface area contributed by atoms with E-state index in [0.29, 0.717) is 22.8 Å². The molecule has 1 aliphatic rings. The second-order valence-corrected chi connectivity index (χ2v) is 8.30. The largest absolute Gasteiger partial charge is 0.394 e. The summed E-state index contributed by atoms with van der Waals surface area (Å²) in [6, 6.07) is 16.5. The van der Waals surface area contributed by atoms with Gasteiger partial charge in [0.15, 0.2) is 5.76 Å². The van der Waals surface area contributed by atoms with Gasteiger partial charge in [-0.2, -0.15) is 0 Å². The van der Waals surface area contributed by atoms with E-state index in [1.807, 2.05) is 54.6 Å². The number of anilines is 2. The first-order valence-corrected chi connectivity index (χ1v) is 11.3. The zero-order valence-corrected chi connectivity index (χ0v) is 19.5. The van der Waals surface area contributed by atoms with Crippen molar-refractivity contribution in [2.75, 3.05) is 17.2 Å². The molecule has 0 bridgehead atoms. The van der Waals surface area contributed by atoms with Crippen LogP contribution in [-0.4, -0.2) is 47.1 Å². The minimum atomic E-state index is -0.696.